The first kappa shape index (κ1) is 19.7. The summed E-state index contributed by atoms with van der Waals surface area (Å²) in [5, 5.41) is 3.77. The molecule has 2 rings (SSSR count). The van der Waals surface area contributed by atoms with E-state index in [4.69, 9.17) is 4.74 Å². The molecule has 0 bridgehead atoms. The molecule has 2 aromatic rings. The van der Waals surface area contributed by atoms with Crippen molar-refractivity contribution in [2.75, 3.05) is 0 Å². The fourth-order valence-electron chi connectivity index (χ4n) is 1.98. The number of hydrogen-bond acceptors (Lipinski definition) is 5. The molecule has 26 heavy (non-hydrogen) atoms. The van der Waals surface area contributed by atoms with Gasteiger partial charge in [0.1, 0.15) is 5.60 Å². The fraction of sp³-hybridized carbons (Fsp3) is 0.263. The quantitative estimate of drug-likeness (QED) is 0.494. The summed E-state index contributed by atoms with van der Waals surface area (Å²) in [5.41, 5.74) is 1.46. The van der Waals surface area contributed by atoms with E-state index in [1.807, 2.05) is 6.92 Å². The van der Waals surface area contributed by atoms with Crippen molar-refractivity contribution in [3.63, 3.8) is 0 Å². The number of esters is 1. The van der Waals surface area contributed by atoms with Crippen molar-refractivity contribution in [2.45, 2.75) is 38.2 Å². The molecule has 6 nitrogen and oxygen atoms in total. The Labute approximate surface area is 153 Å². The highest BCUT2D eigenvalue weighted by atomic mass is 32.2. The van der Waals surface area contributed by atoms with E-state index in [0.29, 0.717) is 11.1 Å². The SMILES string of the molecule is Cc1ccc(S(=O)(=O)N/N=C/c2ccc(C(=O)OC(C)(C)C)cc2)cc1. The van der Waals surface area contributed by atoms with Gasteiger partial charge in [0.2, 0.25) is 0 Å². The standard InChI is InChI=1S/C19H22N2O4S/c1-14-5-11-17(12-6-14)26(23,24)21-20-13-15-7-9-16(10-8-15)18(22)25-19(2,3)4/h5-13,21H,1-4H3/b20-13+. The molecule has 0 unspecified atom stereocenters. The van der Waals surface area contributed by atoms with Crippen LogP contribution >= 0.6 is 0 Å². The third-order valence-electron chi connectivity index (χ3n) is 3.26. The molecule has 0 fully saturated rings. The van der Waals surface area contributed by atoms with E-state index in [-0.39, 0.29) is 4.90 Å². The Hall–Kier alpha value is -2.67. The van der Waals surface area contributed by atoms with Crippen molar-refractivity contribution in [3.05, 3.63) is 65.2 Å². The van der Waals surface area contributed by atoms with Crippen LogP contribution in [0.5, 0.6) is 0 Å². The highest BCUT2D eigenvalue weighted by Crippen LogP contribution is 2.13. The van der Waals surface area contributed by atoms with E-state index in [1.54, 1.807) is 57.2 Å². The number of nitrogens with one attached hydrogen (secondary N) is 1. The van der Waals surface area contributed by atoms with Gasteiger partial charge in [-0.1, -0.05) is 29.8 Å². The van der Waals surface area contributed by atoms with E-state index in [0.717, 1.165) is 5.56 Å². The first-order chi connectivity index (χ1) is 12.1. The summed E-state index contributed by atoms with van der Waals surface area (Å²) in [4.78, 5) is 14.3. The Kier molecular flexibility index (Phi) is 5.82. The smallest absolute Gasteiger partial charge is 0.338 e. The number of benzene rings is 2. The van der Waals surface area contributed by atoms with Crippen molar-refractivity contribution in [1.82, 2.24) is 4.83 Å². The molecule has 0 spiro atoms. The Balaban J connectivity index is 2.02. The van der Waals surface area contributed by atoms with Crippen LogP contribution in [0.3, 0.4) is 0 Å². The number of ether oxygens (including phenoxy) is 1. The van der Waals surface area contributed by atoms with Gasteiger partial charge in [-0.05, 0) is 57.5 Å². The Morgan fingerprint density at radius 2 is 1.62 bits per heavy atom. The molecular weight excluding hydrogens is 352 g/mol. The van der Waals surface area contributed by atoms with Crippen molar-refractivity contribution < 1.29 is 17.9 Å². The minimum atomic E-state index is -3.71. The average molecular weight is 374 g/mol. The molecule has 0 atom stereocenters. The van der Waals surface area contributed by atoms with Gasteiger partial charge in [0.15, 0.2) is 0 Å². The zero-order valence-electron chi connectivity index (χ0n) is 15.2. The predicted octanol–water partition coefficient (Wildman–Crippen LogP) is 3.26. The maximum Gasteiger partial charge on any atom is 0.338 e. The van der Waals surface area contributed by atoms with E-state index in [9.17, 15) is 13.2 Å². The van der Waals surface area contributed by atoms with E-state index in [2.05, 4.69) is 9.93 Å². The average Bonchev–Trinajstić information content (AvgIpc) is 2.54. The van der Waals surface area contributed by atoms with Crippen LogP contribution in [0.1, 0.15) is 42.3 Å². The molecule has 0 aliphatic rings. The van der Waals surface area contributed by atoms with Crippen LogP contribution in [-0.2, 0) is 14.8 Å². The molecule has 0 saturated heterocycles. The second kappa shape index (κ2) is 7.70. The fourth-order valence-corrected chi connectivity index (χ4v) is 2.77. The van der Waals surface area contributed by atoms with Crippen molar-refractivity contribution in [2.24, 2.45) is 5.10 Å². The van der Waals surface area contributed by atoms with Gasteiger partial charge in [-0.15, -0.1) is 0 Å². The van der Waals surface area contributed by atoms with Crippen molar-refractivity contribution in [1.29, 1.82) is 0 Å². The molecule has 0 aromatic heterocycles. The lowest BCUT2D eigenvalue weighted by Gasteiger charge is -2.19. The third kappa shape index (κ3) is 5.70. The summed E-state index contributed by atoms with van der Waals surface area (Å²) in [7, 11) is -3.71. The maximum absolute atomic E-state index is 12.1. The van der Waals surface area contributed by atoms with Crippen molar-refractivity contribution in [3.8, 4) is 0 Å². The van der Waals surface area contributed by atoms with Gasteiger partial charge in [0, 0.05) is 0 Å². The molecule has 138 valence electrons. The summed E-state index contributed by atoms with van der Waals surface area (Å²) in [5.74, 6) is -0.416. The van der Waals surface area contributed by atoms with Gasteiger partial charge < -0.3 is 4.74 Å². The van der Waals surface area contributed by atoms with Crippen LogP contribution < -0.4 is 4.83 Å². The van der Waals surface area contributed by atoms with Crippen LogP contribution in [0.2, 0.25) is 0 Å². The molecule has 0 radical (unpaired) electrons. The van der Waals surface area contributed by atoms with Crippen LogP contribution in [0.25, 0.3) is 0 Å². The monoisotopic (exact) mass is 374 g/mol. The molecule has 0 heterocycles. The third-order valence-corrected chi connectivity index (χ3v) is 4.50. The van der Waals surface area contributed by atoms with Crippen molar-refractivity contribution >= 4 is 22.2 Å². The van der Waals surface area contributed by atoms with E-state index >= 15 is 0 Å². The highest BCUT2D eigenvalue weighted by molar-refractivity contribution is 7.89. The number of hydrogen-bond donors (Lipinski definition) is 1. The van der Waals surface area contributed by atoms with E-state index < -0.39 is 21.6 Å². The van der Waals surface area contributed by atoms with E-state index in [1.165, 1.54) is 18.3 Å². The second-order valence-corrected chi connectivity index (χ2v) is 8.45. The highest BCUT2D eigenvalue weighted by Gasteiger charge is 2.17. The van der Waals surface area contributed by atoms with Crippen LogP contribution in [0.4, 0.5) is 0 Å². The lowest BCUT2D eigenvalue weighted by Crippen LogP contribution is -2.23. The first-order valence-corrected chi connectivity index (χ1v) is 9.50. The number of carbonyl (C=O) groups excluding carboxylic acids is 1. The number of hydrazone groups is 1. The van der Waals surface area contributed by atoms with Crippen LogP contribution in [0, 0.1) is 6.92 Å². The zero-order valence-corrected chi connectivity index (χ0v) is 16.0. The lowest BCUT2D eigenvalue weighted by atomic mass is 10.1. The summed E-state index contributed by atoms with van der Waals surface area (Å²) < 4.78 is 29.5. The molecular formula is C19H22N2O4S. The Morgan fingerprint density at radius 1 is 1.04 bits per heavy atom. The molecule has 0 amide bonds. The first-order valence-electron chi connectivity index (χ1n) is 8.02. The molecule has 2 aromatic carbocycles. The summed E-state index contributed by atoms with van der Waals surface area (Å²) in [6, 6.07) is 13.0. The van der Waals surface area contributed by atoms with Gasteiger partial charge in [0.25, 0.3) is 10.0 Å². The molecule has 7 heteroatoms. The Bertz CT molecular complexity index is 894. The molecule has 0 aliphatic heterocycles. The number of rotatable bonds is 5. The van der Waals surface area contributed by atoms with Gasteiger partial charge >= 0.3 is 5.97 Å². The number of nitrogens with zero attached hydrogens (tertiary/aromatic N) is 1. The second-order valence-electron chi connectivity index (χ2n) is 6.79. The summed E-state index contributed by atoms with van der Waals surface area (Å²) >= 11 is 0. The minimum Gasteiger partial charge on any atom is -0.456 e. The van der Waals surface area contributed by atoms with Crippen LogP contribution in [0.15, 0.2) is 58.5 Å². The predicted molar refractivity (Wildman–Crippen MR) is 101 cm³/mol. The van der Waals surface area contributed by atoms with Gasteiger partial charge in [-0.2, -0.15) is 13.5 Å². The summed E-state index contributed by atoms with van der Waals surface area (Å²) in [6.45, 7) is 7.27. The maximum atomic E-state index is 12.1. The molecule has 0 saturated carbocycles. The molecule has 1 N–H and O–H groups in total. The van der Waals surface area contributed by atoms with Crippen LogP contribution in [-0.4, -0.2) is 26.2 Å². The van der Waals surface area contributed by atoms with Gasteiger partial charge in [-0.3, -0.25) is 0 Å². The normalized spacial score (nSPS) is 12.2. The lowest BCUT2D eigenvalue weighted by molar-refractivity contribution is 0.00695. The Morgan fingerprint density at radius 3 is 2.15 bits per heavy atom. The van der Waals surface area contributed by atoms with Gasteiger partial charge in [0.05, 0.1) is 16.7 Å². The molecule has 0 aliphatic carbocycles. The topological polar surface area (TPSA) is 84.8 Å². The summed E-state index contributed by atoms with van der Waals surface area (Å²) in [6.07, 6.45) is 1.37. The van der Waals surface area contributed by atoms with Gasteiger partial charge in [-0.25, -0.2) is 9.63 Å². The largest absolute Gasteiger partial charge is 0.456 e. The zero-order chi connectivity index (χ0) is 19.4. The number of aryl methyl sites for hydroxylation is 1. The number of sulfonamides is 1. The minimum absolute atomic E-state index is 0.139. The number of carbonyl (C=O) groups is 1.